The number of rotatable bonds is 7. The van der Waals surface area contributed by atoms with Crippen LogP contribution in [0.3, 0.4) is 0 Å². The molecule has 2 fully saturated rings. The average Bonchev–Trinajstić information content (AvgIpc) is 3.49. The second kappa shape index (κ2) is 10.6. The molecule has 38 heavy (non-hydrogen) atoms. The van der Waals surface area contributed by atoms with Crippen LogP contribution in [-0.4, -0.2) is 39.1 Å². The summed E-state index contributed by atoms with van der Waals surface area (Å²) >= 11 is 1.58. The largest absolute Gasteiger partial charge is 0.329 e. The van der Waals surface area contributed by atoms with Crippen LogP contribution in [0.15, 0.2) is 47.8 Å². The van der Waals surface area contributed by atoms with Crippen LogP contribution in [0.5, 0.6) is 0 Å². The summed E-state index contributed by atoms with van der Waals surface area (Å²) in [5.41, 5.74) is 7.65. The van der Waals surface area contributed by atoms with Gasteiger partial charge in [-0.1, -0.05) is 44.2 Å². The minimum absolute atomic E-state index is 0.0536. The number of nitrogens with zero attached hydrogens (tertiary/aromatic N) is 3. The highest BCUT2D eigenvalue weighted by molar-refractivity contribution is 7.09. The number of carbonyl (C=O) groups excluding carboxylic acids is 3. The topological polar surface area (TPSA) is 104 Å². The number of likely N-dealkylation sites (tertiary alicyclic amines) is 1. The molecular formula is C29H33N5O3S. The van der Waals surface area contributed by atoms with E-state index >= 15 is 0 Å². The maximum absolute atomic E-state index is 13.7. The number of hydrogen-bond donors (Lipinski definition) is 2. The number of benzene rings is 1. The summed E-state index contributed by atoms with van der Waals surface area (Å²) in [5.74, 6) is -0.710. The number of aromatic nitrogens is 2. The first-order valence-electron chi connectivity index (χ1n) is 13.1. The lowest BCUT2D eigenvalue weighted by Gasteiger charge is -2.24. The average molecular weight is 532 g/mol. The van der Waals surface area contributed by atoms with Crippen LogP contribution in [0.25, 0.3) is 0 Å². The summed E-state index contributed by atoms with van der Waals surface area (Å²) in [6.07, 6.45) is 4.28. The molecule has 5 rings (SSSR count). The van der Waals surface area contributed by atoms with Gasteiger partial charge in [0, 0.05) is 40.2 Å². The van der Waals surface area contributed by atoms with Crippen molar-refractivity contribution in [1.82, 2.24) is 25.7 Å². The normalized spacial score (nSPS) is 17.3. The van der Waals surface area contributed by atoms with Crippen LogP contribution < -0.4 is 10.9 Å². The fourth-order valence-corrected chi connectivity index (χ4v) is 5.81. The second-order valence-electron chi connectivity index (χ2n) is 10.9. The zero-order chi connectivity index (χ0) is 26.9. The molecule has 1 aromatic carbocycles. The summed E-state index contributed by atoms with van der Waals surface area (Å²) in [5, 5.41) is 2.95. The SMILES string of the molecule is Cc1csc(C2CCCN2C(=O)c2cc(C(=O)NNC(=O)C(C)(C)Cc3ccccc3)nc(C3CC3)c2)n1. The van der Waals surface area contributed by atoms with Crippen molar-refractivity contribution in [2.45, 2.75) is 64.8 Å². The molecule has 2 N–H and O–H groups in total. The minimum Gasteiger partial charge on any atom is -0.329 e. The van der Waals surface area contributed by atoms with Crippen molar-refractivity contribution in [3.63, 3.8) is 0 Å². The van der Waals surface area contributed by atoms with E-state index in [1.807, 2.05) is 67.4 Å². The van der Waals surface area contributed by atoms with Crippen LogP contribution in [0.4, 0.5) is 0 Å². The van der Waals surface area contributed by atoms with E-state index in [0.717, 1.165) is 47.6 Å². The lowest BCUT2D eigenvalue weighted by atomic mass is 9.85. The van der Waals surface area contributed by atoms with E-state index < -0.39 is 11.3 Å². The third kappa shape index (κ3) is 5.78. The molecule has 2 aliphatic rings. The van der Waals surface area contributed by atoms with Crippen molar-refractivity contribution in [1.29, 1.82) is 0 Å². The van der Waals surface area contributed by atoms with E-state index in [-0.39, 0.29) is 29.5 Å². The fraction of sp³-hybridized carbons (Fsp3) is 0.414. The number of pyridine rings is 1. The smallest absolute Gasteiger partial charge is 0.288 e. The molecule has 3 amide bonds. The number of aryl methyl sites for hydroxylation is 1. The molecule has 1 unspecified atom stereocenters. The Morgan fingerprint density at radius 2 is 1.82 bits per heavy atom. The number of nitrogens with one attached hydrogen (secondary N) is 2. The minimum atomic E-state index is -0.738. The number of amides is 3. The predicted molar refractivity (Wildman–Crippen MR) is 146 cm³/mol. The van der Waals surface area contributed by atoms with E-state index in [9.17, 15) is 14.4 Å². The number of hydrazine groups is 1. The monoisotopic (exact) mass is 531 g/mol. The Bertz CT molecular complexity index is 1350. The van der Waals surface area contributed by atoms with Crippen LogP contribution in [0.2, 0.25) is 0 Å². The molecule has 0 radical (unpaired) electrons. The Kier molecular flexibility index (Phi) is 7.29. The fourth-order valence-electron chi connectivity index (χ4n) is 4.87. The van der Waals surface area contributed by atoms with Crippen molar-refractivity contribution in [2.75, 3.05) is 6.54 Å². The molecular weight excluding hydrogens is 498 g/mol. The number of thiazole rings is 1. The molecule has 1 aliphatic carbocycles. The summed E-state index contributed by atoms with van der Waals surface area (Å²) in [7, 11) is 0. The van der Waals surface area contributed by atoms with E-state index in [1.54, 1.807) is 11.3 Å². The molecule has 1 saturated heterocycles. The molecule has 9 heteroatoms. The maximum Gasteiger partial charge on any atom is 0.288 e. The van der Waals surface area contributed by atoms with Gasteiger partial charge < -0.3 is 4.90 Å². The van der Waals surface area contributed by atoms with Gasteiger partial charge in [-0.3, -0.25) is 25.2 Å². The standard InChI is InChI=1S/C29H33N5O3S/c1-18-17-38-26(30-18)24-10-7-13-34(24)27(36)21-14-22(20-11-12-20)31-23(15-21)25(35)32-33-28(37)29(2,3)16-19-8-5-4-6-9-19/h4-6,8-9,14-15,17,20,24H,7,10-13,16H2,1-3H3,(H,32,35)(H,33,37). The van der Waals surface area contributed by atoms with E-state index in [2.05, 4.69) is 20.8 Å². The highest BCUT2D eigenvalue weighted by atomic mass is 32.1. The van der Waals surface area contributed by atoms with E-state index in [1.165, 1.54) is 6.07 Å². The van der Waals surface area contributed by atoms with Gasteiger partial charge in [0.05, 0.1) is 6.04 Å². The van der Waals surface area contributed by atoms with Gasteiger partial charge >= 0.3 is 0 Å². The van der Waals surface area contributed by atoms with Gasteiger partial charge in [-0.25, -0.2) is 9.97 Å². The Balaban J connectivity index is 1.30. The zero-order valence-corrected chi connectivity index (χ0v) is 22.8. The van der Waals surface area contributed by atoms with Crippen molar-refractivity contribution >= 4 is 29.1 Å². The first-order chi connectivity index (χ1) is 18.2. The molecule has 198 valence electrons. The molecule has 1 saturated carbocycles. The molecule has 8 nitrogen and oxygen atoms in total. The Hall–Kier alpha value is -3.59. The Labute approximate surface area is 226 Å². The maximum atomic E-state index is 13.7. The van der Waals surface area contributed by atoms with Gasteiger partial charge in [0.25, 0.3) is 11.8 Å². The van der Waals surface area contributed by atoms with E-state index in [0.29, 0.717) is 18.5 Å². The summed E-state index contributed by atoms with van der Waals surface area (Å²) in [6, 6.07) is 13.0. The van der Waals surface area contributed by atoms with Gasteiger partial charge in [-0.15, -0.1) is 11.3 Å². The second-order valence-corrected chi connectivity index (χ2v) is 11.8. The highest BCUT2D eigenvalue weighted by Crippen LogP contribution is 2.40. The third-order valence-electron chi connectivity index (χ3n) is 7.15. The van der Waals surface area contributed by atoms with Crippen molar-refractivity contribution in [2.24, 2.45) is 5.41 Å². The summed E-state index contributed by atoms with van der Waals surface area (Å²) < 4.78 is 0. The van der Waals surface area contributed by atoms with Gasteiger partial charge in [0.1, 0.15) is 10.7 Å². The summed E-state index contributed by atoms with van der Waals surface area (Å²) in [4.78, 5) is 50.7. The van der Waals surface area contributed by atoms with Gasteiger partial charge in [0.2, 0.25) is 5.91 Å². The summed E-state index contributed by atoms with van der Waals surface area (Å²) in [6.45, 7) is 6.27. The molecule has 0 bridgehead atoms. The van der Waals surface area contributed by atoms with Crippen molar-refractivity contribution in [3.05, 3.63) is 81.1 Å². The molecule has 3 aromatic rings. The molecule has 0 spiro atoms. The zero-order valence-electron chi connectivity index (χ0n) is 22.0. The first-order valence-corrected chi connectivity index (χ1v) is 14.0. The van der Waals surface area contributed by atoms with Gasteiger partial charge in [-0.05, 0) is 56.7 Å². The van der Waals surface area contributed by atoms with E-state index in [4.69, 9.17) is 0 Å². The molecule has 1 aliphatic heterocycles. The van der Waals surface area contributed by atoms with Crippen molar-refractivity contribution < 1.29 is 14.4 Å². The first kappa shape index (κ1) is 26.0. The van der Waals surface area contributed by atoms with Gasteiger partial charge in [0.15, 0.2) is 0 Å². The number of hydrogen-bond acceptors (Lipinski definition) is 6. The van der Waals surface area contributed by atoms with Crippen LogP contribution >= 0.6 is 11.3 Å². The highest BCUT2D eigenvalue weighted by Gasteiger charge is 2.34. The molecule has 3 heterocycles. The predicted octanol–water partition coefficient (Wildman–Crippen LogP) is 4.73. The number of carbonyl (C=O) groups is 3. The van der Waals surface area contributed by atoms with Crippen molar-refractivity contribution in [3.8, 4) is 0 Å². The van der Waals surface area contributed by atoms with Crippen LogP contribution in [0, 0.1) is 12.3 Å². The third-order valence-corrected chi connectivity index (χ3v) is 8.21. The lowest BCUT2D eigenvalue weighted by Crippen LogP contribution is -2.48. The molecule has 2 aromatic heterocycles. The van der Waals surface area contributed by atoms with Crippen LogP contribution in [0.1, 0.15) is 94.3 Å². The Morgan fingerprint density at radius 1 is 1.05 bits per heavy atom. The molecule has 1 atom stereocenters. The van der Waals surface area contributed by atoms with Gasteiger partial charge in [-0.2, -0.15) is 0 Å². The Morgan fingerprint density at radius 3 is 2.50 bits per heavy atom. The lowest BCUT2D eigenvalue weighted by molar-refractivity contribution is -0.130. The quantitative estimate of drug-likeness (QED) is 0.429. The van der Waals surface area contributed by atoms with Crippen LogP contribution in [-0.2, 0) is 11.2 Å².